The molecule has 1 aromatic carbocycles. The van der Waals surface area contributed by atoms with E-state index in [0.29, 0.717) is 10.9 Å². The molecule has 0 aliphatic heterocycles. The first kappa shape index (κ1) is 22.3. The van der Waals surface area contributed by atoms with Gasteiger partial charge in [-0.25, -0.2) is 4.98 Å². The minimum atomic E-state index is -0.0385. The van der Waals surface area contributed by atoms with Gasteiger partial charge < -0.3 is 0 Å². The topological polar surface area (TPSA) is 59.0 Å². The van der Waals surface area contributed by atoms with Gasteiger partial charge in [-0.15, -0.1) is 21.5 Å². The number of anilines is 2. The van der Waals surface area contributed by atoms with Crippen LogP contribution in [0, 0.1) is 13.8 Å². The maximum absolute atomic E-state index is 12.3. The summed E-state index contributed by atoms with van der Waals surface area (Å²) in [6.45, 7) is 7.84. The van der Waals surface area contributed by atoms with Crippen molar-refractivity contribution in [2.45, 2.75) is 55.0 Å². The van der Waals surface area contributed by atoms with Gasteiger partial charge in [-0.3, -0.25) is 9.69 Å². The summed E-state index contributed by atoms with van der Waals surface area (Å²) in [5, 5.41) is 11.2. The summed E-state index contributed by atoms with van der Waals surface area (Å²) in [7, 11) is 0. The lowest BCUT2D eigenvalue weighted by atomic mass is 10.1. The van der Waals surface area contributed by atoms with Crippen molar-refractivity contribution >= 4 is 62.9 Å². The zero-order chi connectivity index (χ0) is 20.8. The van der Waals surface area contributed by atoms with Crippen LogP contribution < -0.4 is 4.90 Å². The minimum absolute atomic E-state index is 0.0385. The number of rotatable bonds is 9. The number of carbonyl (C=O) groups excluding carboxylic acids is 1. The van der Waals surface area contributed by atoms with Gasteiger partial charge in [-0.05, 0) is 31.9 Å². The molecule has 0 spiro atoms. The van der Waals surface area contributed by atoms with Gasteiger partial charge in [0.05, 0.1) is 11.4 Å². The van der Waals surface area contributed by atoms with Crippen LogP contribution in [-0.2, 0) is 10.5 Å². The largest absolute Gasteiger partial charge is 0.274 e. The lowest BCUT2D eigenvalue weighted by molar-refractivity contribution is -0.115. The second kappa shape index (κ2) is 10.6. The molecule has 0 aliphatic carbocycles. The molecule has 3 rings (SSSR count). The fourth-order valence-corrected chi connectivity index (χ4v) is 6.73. The number of hydrogen-bond acceptors (Lipinski definition) is 8. The van der Waals surface area contributed by atoms with Crippen LogP contribution in [0.5, 0.6) is 0 Å². The summed E-state index contributed by atoms with van der Waals surface area (Å²) < 4.78 is 1.98. The second-order valence-electron chi connectivity index (χ2n) is 6.59. The Hall–Kier alpha value is -1.42. The Kier molecular flexibility index (Phi) is 8.11. The van der Waals surface area contributed by atoms with Crippen molar-refractivity contribution in [1.82, 2.24) is 15.2 Å². The van der Waals surface area contributed by atoms with Gasteiger partial charge in [0.25, 0.3) is 0 Å². The molecule has 29 heavy (non-hydrogen) atoms. The van der Waals surface area contributed by atoms with Crippen molar-refractivity contribution in [1.29, 1.82) is 0 Å². The number of benzene rings is 1. The van der Waals surface area contributed by atoms with E-state index in [2.05, 4.69) is 30.1 Å². The average Bonchev–Trinajstić information content (AvgIpc) is 3.32. The second-order valence-corrected chi connectivity index (χ2v) is 11.0. The SMILES string of the molecule is CCCCSc1nnc(SCc2csc(N(C(C)=O)c3ccc(C)cc3C)n2)s1. The quantitative estimate of drug-likeness (QED) is 0.267. The molecule has 0 saturated carbocycles. The highest BCUT2D eigenvalue weighted by Gasteiger charge is 2.20. The third-order valence-corrected chi connectivity index (χ3v) is 8.28. The van der Waals surface area contributed by atoms with E-state index in [1.54, 1.807) is 46.7 Å². The Balaban J connectivity index is 1.67. The van der Waals surface area contributed by atoms with Crippen LogP contribution in [-0.4, -0.2) is 26.8 Å². The van der Waals surface area contributed by atoms with Gasteiger partial charge in [0.15, 0.2) is 13.8 Å². The molecule has 0 aliphatic rings. The molecule has 5 nitrogen and oxygen atoms in total. The van der Waals surface area contributed by atoms with Crippen LogP contribution in [0.1, 0.15) is 43.5 Å². The predicted molar refractivity (Wildman–Crippen MR) is 126 cm³/mol. The molecule has 0 atom stereocenters. The van der Waals surface area contributed by atoms with Crippen LogP contribution in [0.2, 0.25) is 0 Å². The van der Waals surface area contributed by atoms with Gasteiger partial charge in [-0.2, -0.15) is 0 Å². The number of unbranched alkanes of at least 4 members (excludes halogenated alkanes) is 1. The molecule has 3 aromatic rings. The molecule has 0 radical (unpaired) electrons. The summed E-state index contributed by atoms with van der Waals surface area (Å²) >= 11 is 6.54. The van der Waals surface area contributed by atoms with Gasteiger partial charge in [-0.1, -0.05) is 65.9 Å². The van der Waals surface area contributed by atoms with Crippen molar-refractivity contribution in [3.63, 3.8) is 0 Å². The lowest BCUT2D eigenvalue weighted by Gasteiger charge is -2.20. The van der Waals surface area contributed by atoms with Crippen molar-refractivity contribution in [2.24, 2.45) is 0 Å². The van der Waals surface area contributed by atoms with E-state index < -0.39 is 0 Å². The van der Waals surface area contributed by atoms with E-state index in [1.807, 2.05) is 24.4 Å². The minimum Gasteiger partial charge on any atom is -0.274 e. The highest BCUT2D eigenvalue weighted by molar-refractivity contribution is 8.02. The standard InChI is InChI=1S/C20H24N4OS4/c1-5-6-9-26-19-22-23-20(29-19)28-12-16-11-27-18(21-16)24(15(4)25)17-8-7-13(2)10-14(17)3/h7-8,10-11H,5-6,9,12H2,1-4H3. The summed E-state index contributed by atoms with van der Waals surface area (Å²) in [6, 6.07) is 6.09. The third-order valence-electron chi connectivity index (χ3n) is 4.09. The maximum Gasteiger partial charge on any atom is 0.230 e. The lowest BCUT2D eigenvalue weighted by Crippen LogP contribution is -2.23. The molecule has 154 valence electrons. The fourth-order valence-electron chi connectivity index (χ4n) is 2.68. The van der Waals surface area contributed by atoms with E-state index in [9.17, 15) is 4.79 Å². The fraction of sp³-hybridized carbons (Fsp3) is 0.400. The normalized spacial score (nSPS) is 11.0. The van der Waals surface area contributed by atoms with Crippen LogP contribution in [0.4, 0.5) is 10.8 Å². The molecule has 0 fully saturated rings. The van der Waals surface area contributed by atoms with Gasteiger partial charge in [0, 0.05) is 23.8 Å². The van der Waals surface area contributed by atoms with Crippen molar-refractivity contribution < 1.29 is 4.79 Å². The number of aryl methyl sites for hydroxylation is 2. The number of thioether (sulfide) groups is 2. The number of hydrogen-bond donors (Lipinski definition) is 0. The maximum atomic E-state index is 12.3. The molecule has 1 amide bonds. The molecule has 2 aromatic heterocycles. The Morgan fingerprint density at radius 2 is 1.93 bits per heavy atom. The predicted octanol–water partition coefficient (Wildman–Crippen LogP) is 6.48. The molecule has 0 unspecified atom stereocenters. The van der Waals surface area contributed by atoms with Crippen molar-refractivity contribution in [3.8, 4) is 0 Å². The van der Waals surface area contributed by atoms with Crippen LogP contribution in [0.25, 0.3) is 0 Å². The Labute approximate surface area is 188 Å². The molecule has 2 heterocycles. The van der Waals surface area contributed by atoms with Crippen LogP contribution in [0.15, 0.2) is 32.3 Å². The van der Waals surface area contributed by atoms with Crippen molar-refractivity contribution in [2.75, 3.05) is 10.7 Å². The van der Waals surface area contributed by atoms with Gasteiger partial charge in [0.2, 0.25) is 5.91 Å². The van der Waals surface area contributed by atoms with E-state index in [1.165, 1.54) is 29.7 Å². The molecular weight excluding hydrogens is 441 g/mol. The first-order valence-electron chi connectivity index (χ1n) is 9.39. The first-order valence-corrected chi connectivity index (χ1v) is 13.1. The number of thiazole rings is 1. The third kappa shape index (κ3) is 6.04. The zero-order valence-corrected chi connectivity index (χ0v) is 20.2. The number of amides is 1. The van der Waals surface area contributed by atoms with E-state index in [0.717, 1.165) is 31.4 Å². The first-order chi connectivity index (χ1) is 14.0. The molecule has 9 heteroatoms. The highest BCUT2D eigenvalue weighted by atomic mass is 32.2. The summed E-state index contributed by atoms with van der Waals surface area (Å²) in [4.78, 5) is 18.8. The Bertz CT molecular complexity index is 969. The van der Waals surface area contributed by atoms with Gasteiger partial charge in [0.1, 0.15) is 0 Å². The van der Waals surface area contributed by atoms with Crippen LogP contribution >= 0.6 is 46.2 Å². The number of aromatic nitrogens is 3. The number of carbonyl (C=O) groups is 1. The average molecular weight is 465 g/mol. The van der Waals surface area contributed by atoms with Crippen molar-refractivity contribution in [3.05, 3.63) is 40.4 Å². The number of nitrogens with zero attached hydrogens (tertiary/aromatic N) is 4. The smallest absolute Gasteiger partial charge is 0.230 e. The van der Waals surface area contributed by atoms with E-state index >= 15 is 0 Å². The molecule has 0 N–H and O–H groups in total. The zero-order valence-electron chi connectivity index (χ0n) is 17.0. The van der Waals surface area contributed by atoms with E-state index in [4.69, 9.17) is 4.98 Å². The molecule has 0 saturated heterocycles. The van der Waals surface area contributed by atoms with Crippen LogP contribution in [0.3, 0.4) is 0 Å². The summed E-state index contributed by atoms with van der Waals surface area (Å²) in [5.74, 6) is 1.76. The highest BCUT2D eigenvalue weighted by Crippen LogP contribution is 2.34. The Morgan fingerprint density at radius 1 is 1.17 bits per heavy atom. The monoisotopic (exact) mass is 464 g/mol. The molecule has 0 bridgehead atoms. The Morgan fingerprint density at radius 3 is 2.62 bits per heavy atom. The summed E-state index contributed by atoms with van der Waals surface area (Å²) in [5.41, 5.74) is 4.07. The van der Waals surface area contributed by atoms with E-state index in [-0.39, 0.29) is 5.91 Å². The summed E-state index contributed by atoms with van der Waals surface area (Å²) in [6.07, 6.45) is 2.39. The van der Waals surface area contributed by atoms with Gasteiger partial charge >= 0.3 is 0 Å². The molecular formula is C20H24N4OS4.